The molecule has 1 saturated heterocycles. The average molecular weight is 311 g/mol. The highest BCUT2D eigenvalue weighted by Crippen LogP contribution is 2.28. The van der Waals surface area contributed by atoms with E-state index in [4.69, 9.17) is 11.6 Å². The maximum Gasteiger partial charge on any atom is 0.329 e. The molecule has 2 rings (SSSR count). The molecule has 0 amide bonds. The molecular formula is C16H23ClN2O2. The molecule has 4 nitrogen and oxygen atoms in total. The van der Waals surface area contributed by atoms with Crippen LogP contribution in [0.15, 0.2) is 24.3 Å². The van der Waals surface area contributed by atoms with E-state index in [0.29, 0.717) is 17.9 Å². The number of carboxylic acid groups (broad SMARTS) is 1. The van der Waals surface area contributed by atoms with Crippen molar-refractivity contribution in [2.45, 2.75) is 38.1 Å². The van der Waals surface area contributed by atoms with Crippen molar-refractivity contribution in [3.8, 4) is 0 Å². The van der Waals surface area contributed by atoms with Gasteiger partial charge in [-0.1, -0.05) is 24.6 Å². The minimum absolute atomic E-state index is 0.606. The fourth-order valence-electron chi connectivity index (χ4n) is 2.96. The van der Waals surface area contributed by atoms with E-state index in [1.54, 1.807) is 12.1 Å². The highest BCUT2D eigenvalue weighted by Gasteiger charge is 2.39. The molecule has 0 aromatic heterocycles. The average Bonchev–Trinajstić information content (AvgIpc) is 2.63. The van der Waals surface area contributed by atoms with Crippen LogP contribution >= 0.6 is 11.6 Å². The van der Waals surface area contributed by atoms with Crippen LogP contribution in [0.1, 0.15) is 32.6 Å². The highest BCUT2D eigenvalue weighted by atomic mass is 35.5. The Bertz CT molecular complexity index is 495. The maximum absolute atomic E-state index is 11.9. The quantitative estimate of drug-likeness (QED) is 0.874. The van der Waals surface area contributed by atoms with Gasteiger partial charge in [-0.25, -0.2) is 4.79 Å². The van der Waals surface area contributed by atoms with Crippen LogP contribution in [0.3, 0.4) is 0 Å². The van der Waals surface area contributed by atoms with Gasteiger partial charge in [-0.05, 0) is 57.0 Å². The molecule has 1 aliphatic heterocycles. The Morgan fingerprint density at radius 1 is 1.43 bits per heavy atom. The number of hydrogen-bond acceptors (Lipinski definition) is 3. The maximum atomic E-state index is 11.9. The summed E-state index contributed by atoms with van der Waals surface area (Å²) in [5, 5.41) is 13.6. The van der Waals surface area contributed by atoms with Crippen molar-refractivity contribution in [1.82, 2.24) is 4.90 Å². The normalized spacial score (nSPS) is 23.5. The Morgan fingerprint density at radius 2 is 2.24 bits per heavy atom. The summed E-state index contributed by atoms with van der Waals surface area (Å²) in [6.45, 7) is 4.97. The van der Waals surface area contributed by atoms with Gasteiger partial charge < -0.3 is 15.3 Å². The van der Waals surface area contributed by atoms with Gasteiger partial charge in [0.05, 0.1) is 0 Å². The number of likely N-dealkylation sites (tertiary alicyclic amines) is 1. The first kappa shape index (κ1) is 16.1. The first-order chi connectivity index (χ1) is 10.1. The van der Waals surface area contributed by atoms with Gasteiger partial charge in [-0.3, -0.25) is 0 Å². The van der Waals surface area contributed by atoms with Crippen LogP contribution in [0.5, 0.6) is 0 Å². The Hall–Kier alpha value is -1.26. The van der Waals surface area contributed by atoms with Crippen molar-refractivity contribution in [2.75, 3.05) is 25.0 Å². The lowest BCUT2D eigenvalue weighted by molar-refractivity contribution is -0.142. The summed E-state index contributed by atoms with van der Waals surface area (Å²) in [7, 11) is 0. The first-order valence-electron chi connectivity index (χ1n) is 7.55. The molecule has 0 saturated carbocycles. The van der Waals surface area contributed by atoms with Crippen molar-refractivity contribution in [3.05, 3.63) is 29.3 Å². The number of nitrogens with one attached hydrogen (secondary N) is 1. The van der Waals surface area contributed by atoms with E-state index in [9.17, 15) is 9.90 Å². The summed E-state index contributed by atoms with van der Waals surface area (Å²) in [5.74, 6) is -0.777. The molecule has 0 spiro atoms. The standard InChI is InChI=1S/C16H23ClN2O2/c1-2-9-19-10-4-7-16(8-11-19,15(20)21)18-14-6-3-5-13(17)12-14/h3,5-6,12,18H,2,4,7-11H2,1H3,(H,20,21). The van der Waals surface area contributed by atoms with Gasteiger partial charge >= 0.3 is 5.97 Å². The lowest BCUT2D eigenvalue weighted by atomic mass is 9.90. The largest absolute Gasteiger partial charge is 0.480 e. The van der Waals surface area contributed by atoms with Crippen molar-refractivity contribution in [1.29, 1.82) is 0 Å². The fourth-order valence-corrected chi connectivity index (χ4v) is 3.16. The SMILES string of the molecule is CCCN1CCCC(Nc2cccc(Cl)c2)(C(=O)O)CC1. The van der Waals surface area contributed by atoms with E-state index in [-0.39, 0.29) is 0 Å². The molecule has 1 aromatic rings. The highest BCUT2D eigenvalue weighted by molar-refractivity contribution is 6.30. The molecular weight excluding hydrogens is 288 g/mol. The predicted octanol–water partition coefficient (Wildman–Crippen LogP) is 3.47. The van der Waals surface area contributed by atoms with Gasteiger partial charge in [0.15, 0.2) is 0 Å². The second-order valence-corrected chi connectivity index (χ2v) is 6.15. The van der Waals surface area contributed by atoms with E-state index in [0.717, 1.165) is 38.2 Å². The van der Waals surface area contributed by atoms with Gasteiger partial charge in [0.2, 0.25) is 0 Å². The monoisotopic (exact) mass is 310 g/mol. The Labute approximate surface area is 131 Å². The molecule has 21 heavy (non-hydrogen) atoms. The van der Waals surface area contributed by atoms with E-state index in [1.165, 1.54) is 0 Å². The van der Waals surface area contributed by atoms with Crippen molar-refractivity contribution in [3.63, 3.8) is 0 Å². The smallest absolute Gasteiger partial charge is 0.329 e. The molecule has 5 heteroatoms. The zero-order valence-electron chi connectivity index (χ0n) is 12.4. The first-order valence-corrected chi connectivity index (χ1v) is 7.93. The van der Waals surface area contributed by atoms with Crippen LogP contribution in [0.25, 0.3) is 0 Å². The molecule has 2 N–H and O–H groups in total. The molecule has 1 heterocycles. The summed E-state index contributed by atoms with van der Waals surface area (Å²) in [6, 6.07) is 7.27. The Kier molecular flexibility index (Phi) is 5.48. The second-order valence-electron chi connectivity index (χ2n) is 5.72. The molecule has 1 unspecified atom stereocenters. The van der Waals surface area contributed by atoms with Gasteiger partial charge in [-0.2, -0.15) is 0 Å². The molecule has 1 aliphatic rings. The van der Waals surface area contributed by atoms with Crippen LogP contribution in [0.4, 0.5) is 5.69 Å². The number of carboxylic acids is 1. The second kappa shape index (κ2) is 7.14. The Balaban J connectivity index is 2.15. The predicted molar refractivity (Wildman–Crippen MR) is 86.0 cm³/mol. The van der Waals surface area contributed by atoms with E-state index < -0.39 is 11.5 Å². The van der Waals surface area contributed by atoms with Gasteiger partial charge in [-0.15, -0.1) is 0 Å². The van der Waals surface area contributed by atoms with Crippen LogP contribution in [0, 0.1) is 0 Å². The topological polar surface area (TPSA) is 52.6 Å². The van der Waals surface area contributed by atoms with Crippen LogP contribution in [0.2, 0.25) is 5.02 Å². The molecule has 1 fully saturated rings. The summed E-state index contributed by atoms with van der Waals surface area (Å²) in [6.07, 6.45) is 3.23. The van der Waals surface area contributed by atoms with Crippen molar-refractivity contribution >= 4 is 23.3 Å². The van der Waals surface area contributed by atoms with Crippen molar-refractivity contribution in [2.24, 2.45) is 0 Å². The lowest BCUT2D eigenvalue weighted by Gasteiger charge is -2.30. The number of aliphatic carboxylic acids is 1. The third-order valence-electron chi connectivity index (χ3n) is 4.09. The van der Waals surface area contributed by atoms with E-state index in [2.05, 4.69) is 17.1 Å². The summed E-state index contributed by atoms with van der Waals surface area (Å²) in [4.78, 5) is 14.2. The summed E-state index contributed by atoms with van der Waals surface area (Å²) < 4.78 is 0. The van der Waals surface area contributed by atoms with Gasteiger partial charge in [0.25, 0.3) is 0 Å². The molecule has 0 radical (unpaired) electrons. The van der Waals surface area contributed by atoms with E-state index in [1.807, 2.05) is 12.1 Å². The number of nitrogens with zero attached hydrogens (tertiary/aromatic N) is 1. The number of hydrogen-bond donors (Lipinski definition) is 2. The van der Waals surface area contributed by atoms with Crippen molar-refractivity contribution < 1.29 is 9.90 Å². The third kappa shape index (κ3) is 4.11. The lowest BCUT2D eigenvalue weighted by Crippen LogP contribution is -2.47. The third-order valence-corrected chi connectivity index (χ3v) is 4.33. The Morgan fingerprint density at radius 3 is 2.90 bits per heavy atom. The molecule has 0 aliphatic carbocycles. The van der Waals surface area contributed by atoms with E-state index >= 15 is 0 Å². The summed E-state index contributed by atoms with van der Waals surface area (Å²) in [5.41, 5.74) is -0.124. The minimum atomic E-state index is -0.896. The summed E-state index contributed by atoms with van der Waals surface area (Å²) >= 11 is 5.99. The minimum Gasteiger partial charge on any atom is -0.480 e. The number of anilines is 1. The molecule has 1 atom stereocenters. The number of rotatable bonds is 5. The zero-order chi connectivity index (χ0) is 15.3. The van der Waals surface area contributed by atoms with Crippen LogP contribution in [-0.2, 0) is 4.79 Å². The zero-order valence-corrected chi connectivity index (χ0v) is 13.2. The number of halogens is 1. The number of carbonyl (C=O) groups is 1. The fraction of sp³-hybridized carbons (Fsp3) is 0.562. The van der Waals surface area contributed by atoms with Crippen LogP contribution < -0.4 is 5.32 Å². The van der Waals surface area contributed by atoms with Crippen LogP contribution in [-0.4, -0.2) is 41.1 Å². The van der Waals surface area contributed by atoms with Gasteiger partial charge in [0.1, 0.15) is 5.54 Å². The number of benzene rings is 1. The molecule has 1 aromatic carbocycles. The molecule has 0 bridgehead atoms. The van der Waals surface area contributed by atoms with Gasteiger partial charge in [0, 0.05) is 17.3 Å². The molecule has 116 valence electrons.